The van der Waals surface area contributed by atoms with E-state index in [1.165, 1.54) is 0 Å². The first-order valence-electron chi connectivity index (χ1n) is 6.47. The third kappa shape index (κ3) is 1.43. The molecule has 1 heterocycles. The van der Waals surface area contributed by atoms with Crippen molar-refractivity contribution in [3.63, 3.8) is 0 Å². The molecule has 1 atom stereocenters. The van der Waals surface area contributed by atoms with Crippen LogP contribution in [0.3, 0.4) is 0 Å². The number of primary amides is 1. The van der Waals surface area contributed by atoms with Crippen LogP contribution in [-0.4, -0.2) is 16.8 Å². The highest BCUT2D eigenvalue weighted by Gasteiger charge is 2.48. The van der Waals surface area contributed by atoms with Gasteiger partial charge in [-0.2, -0.15) is 0 Å². The summed E-state index contributed by atoms with van der Waals surface area (Å²) in [5, 5.41) is 3.78. The molecule has 1 spiro atoms. The Labute approximate surface area is 105 Å². The van der Waals surface area contributed by atoms with Crippen molar-refractivity contribution in [2.45, 2.75) is 50.4 Å². The van der Waals surface area contributed by atoms with Gasteiger partial charge in [-0.25, -0.2) is 0 Å². The number of hydrogen-bond donors (Lipinski definition) is 1. The number of nitrogens with two attached hydrogens (primary N) is 1. The van der Waals surface area contributed by atoms with E-state index in [0.29, 0.717) is 12.2 Å². The molecule has 3 rings (SSSR count). The molecule has 0 aliphatic heterocycles. The second-order valence-electron chi connectivity index (χ2n) is 5.27. The van der Waals surface area contributed by atoms with Crippen molar-refractivity contribution in [2.24, 2.45) is 5.73 Å². The molecule has 1 saturated carbocycles. The Hall–Kier alpha value is -1.65. The molecule has 0 aromatic carbocycles. The Morgan fingerprint density at radius 3 is 2.72 bits per heavy atom. The number of ketones is 1. The lowest BCUT2D eigenvalue weighted by molar-refractivity contribution is -0.128. The summed E-state index contributed by atoms with van der Waals surface area (Å²) in [4.78, 5) is 23.6. The van der Waals surface area contributed by atoms with Gasteiger partial charge in [-0.1, -0.05) is 11.6 Å². The summed E-state index contributed by atoms with van der Waals surface area (Å²) in [6, 6.07) is 0. The first-order valence-corrected chi connectivity index (χ1v) is 6.47. The van der Waals surface area contributed by atoms with E-state index in [2.05, 4.69) is 5.16 Å². The lowest BCUT2D eigenvalue weighted by atomic mass is 9.64. The molecule has 5 nitrogen and oxygen atoms in total. The molecule has 1 aromatic rings. The standard InChI is InChI=1S/C13H16N2O3/c14-12(17)10-8-4-3-7-13(11(8)18-15-10)6-2-1-5-9(13)16/h1-7H2,(H2,14,17). The molecule has 1 unspecified atom stereocenters. The van der Waals surface area contributed by atoms with Crippen molar-refractivity contribution in [1.29, 1.82) is 0 Å². The summed E-state index contributed by atoms with van der Waals surface area (Å²) in [6.07, 6.45) is 5.82. The minimum atomic E-state index is -0.569. The van der Waals surface area contributed by atoms with Crippen LogP contribution >= 0.6 is 0 Å². The summed E-state index contributed by atoms with van der Waals surface area (Å²) < 4.78 is 5.34. The van der Waals surface area contributed by atoms with Crippen LogP contribution in [-0.2, 0) is 16.6 Å². The maximum atomic E-state index is 12.3. The third-order valence-corrected chi connectivity index (χ3v) is 4.28. The minimum absolute atomic E-state index is 0.211. The maximum Gasteiger partial charge on any atom is 0.271 e. The summed E-state index contributed by atoms with van der Waals surface area (Å²) in [5.41, 5.74) is 5.75. The summed E-state index contributed by atoms with van der Waals surface area (Å²) >= 11 is 0. The summed E-state index contributed by atoms with van der Waals surface area (Å²) in [6.45, 7) is 0. The van der Waals surface area contributed by atoms with Crippen molar-refractivity contribution in [3.8, 4) is 0 Å². The Bertz CT molecular complexity index is 520. The molecule has 0 radical (unpaired) electrons. The Morgan fingerprint density at radius 2 is 2.00 bits per heavy atom. The molecular weight excluding hydrogens is 232 g/mol. The first-order chi connectivity index (χ1) is 8.65. The van der Waals surface area contributed by atoms with Crippen LogP contribution < -0.4 is 5.73 Å². The fourth-order valence-corrected chi connectivity index (χ4v) is 3.39. The van der Waals surface area contributed by atoms with Crippen LogP contribution in [0.15, 0.2) is 4.52 Å². The van der Waals surface area contributed by atoms with Crippen LogP contribution in [0.4, 0.5) is 0 Å². The van der Waals surface area contributed by atoms with Gasteiger partial charge < -0.3 is 10.3 Å². The van der Waals surface area contributed by atoms with Gasteiger partial charge in [0.05, 0.1) is 5.41 Å². The van der Waals surface area contributed by atoms with Crippen molar-refractivity contribution in [3.05, 3.63) is 17.0 Å². The van der Waals surface area contributed by atoms with Crippen LogP contribution in [0.25, 0.3) is 0 Å². The van der Waals surface area contributed by atoms with Crippen molar-refractivity contribution in [1.82, 2.24) is 5.16 Å². The zero-order valence-electron chi connectivity index (χ0n) is 10.2. The van der Waals surface area contributed by atoms with Crippen molar-refractivity contribution in [2.75, 3.05) is 0 Å². The van der Waals surface area contributed by atoms with Crippen LogP contribution in [0.2, 0.25) is 0 Å². The number of nitrogens with zero attached hydrogens (tertiary/aromatic N) is 1. The second-order valence-corrected chi connectivity index (χ2v) is 5.27. The van der Waals surface area contributed by atoms with Gasteiger partial charge in [0.15, 0.2) is 11.5 Å². The van der Waals surface area contributed by atoms with E-state index >= 15 is 0 Å². The number of carbonyl (C=O) groups excluding carboxylic acids is 2. The van der Waals surface area contributed by atoms with Gasteiger partial charge >= 0.3 is 0 Å². The SMILES string of the molecule is NC(=O)c1noc2c1CCCC21CCCCC1=O. The predicted molar refractivity (Wildman–Crippen MR) is 63.1 cm³/mol. The number of amides is 1. The van der Waals surface area contributed by atoms with Gasteiger partial charge in [-0.3, -0.25) is 9.59 Å². The number of hydrogen-bond acceptors (Lipinski definition) is 4. The number of fused-ring (bicyclic) bond motifs is 2. The third-order valence-electron chi connectivity index (χ3n) is 4.28. The largest absolute Gasteiger partial charge is 0.364 e. The number of rotatable bonds is 1. The zero-order valence-corrected chi connectivity index (χ0v) is 10.2. The van der Waals surface area contributed by atoms with Gasteiger partial charge in [0.2, 0.25) is 0 Å². The minimum Gasteiger partial charge on any atom is -0.364 e. The number of aromatic nitrogens is 1. The molecule has 1 aromatic heterocycles. The molecular formula is C13H16N2O3. The zero-order chi connectivity index (χ0) is 12.8. The van der Waals surface area contributed by atoms with Gasteiger partial charge in [0.1, 0.15) is 5.78 Å². The van der Waals surface area contributed by atoms with E-state index in [4.69, 9.17) is 10.3 Å². The summed E-state index contributed by atoms with van der Waals surface area (Å²) in [5.74, 6) is 0.287. The quantitative estimate of drug-likeness (QED) is 0.815. The molecule has 5 heteroatoms. The molecule has 96 valence electrons. The average Bonchev–Trinajstić information content (AvgIpc) is 2.78. The first kappa shape index (κ1) is 11.4. The highest BCUT2D eigenvalue weighted by Crippen LogP contribution is 2.46. The van der Waals surface area contributed by atoms with E-state index in [9.17, 15) is 9.59 Å². The van der Waals surface area contributed by atoms with Gasteiger partial charge in [0.25, 0.3) is 5.91 Å². The maximum absolute atomic E-state index is 12.3. The van der Waals surface area contributed by atoms with Crippen molar-refractivity contribution < 1.29 is 14.1 Å². The Kier molecular flexibility index (Phi) is 2.50. The molecule has 2 N–H and O–H groups in total. The van der Waals surface area contributed by atoms with E-state index in [0.717, 1.165) is 44.1 Å². The van der Waals surface area contributed by atoms with Crippen molar-refractivity contribution >= 4 is 11.7 Å². The monoisotopic (exact) mass is 248 g/mol. The smallest absolute Gasteiger partial charge is 0.271 e. The van der Waals surface area contributed by atoms with E-state index in [1.807, 2.05) is 0 Å². The highest BCUT2D eigenvalue weighted by molar-refractivity contribution is 5.95. The Morgan fingerprint density at radius 1 is 1.22 bits per heavy atom. The average molecular weight is 248 g/mol. The Balaban J connectivity index is 2.12. The predicted octanol–water partition coefficient (Wildman–Crippen LogP) is 1.49. The summed E-state index contributed by atoms with van der Waals surface area (Å²) in [7, 11) is 0. The van der Waals surface area contributed by atoms with Gasteiger partial charge in [-0.05, 0) is 32.1 Å². The number of carbonyl (C=O) groups is 2. The van der Waals surface area contributed by atoms with E-state index in [1.54, 1.807) is 0 Å². The fourth-order valence-electron chi connectivity index (χ4n) is 3.39. The van der Waals surface area contributed by atoms with Crippen LogP contribution in [0.1, 0.15) is 60.3 Å². The molecule has 2 aliphatic rings. The van der Waals surface area contributed by atoms with Crippen LogP contribution in [0, 0.1) is 0 Å². The fraction of sp³-hybridized carbons (Fsp3) is 0.615. The topological polar surface area (TPSA) is 86.2 Å². The second kappa shape index (κ2) is 3.93. The molecule has 2 aliphatic carbocycles. The molecule has 1 fully saturated rings. The van der Waals surface area contributed by atoms with E-state index in [-0.39, 0.29) is 11.5 Å². The lowest BCUT2D eigenvalue weighted by Gasteiger charge is -2.36. The highest BCUT2D eigenvalue weighted by atomic mass is 16.5. The molecule has 1 amide bonds. The van der Waals surface area contributed by atoms with Crippen LogP contribution in [0.5, 0.6) is 0 Å². The number of Topliss-reactive ketones (excluding diaryl/α,β-unsaturated/α-hetero) is 1. The molecule has 18 heavy (non-hydrogen) atoms. The molecule has 0 saturated heterocycles. The van der Waals surface area contributed by atoms with Gasteiger partial charge in [0, 0.05) is 12.0 Å². The normalized spacial score (nSPS) is 27.2. The molecule has 0 bridgehead atoms. The van der Waals surface area contributed by atoms with E-state index < -0.39 is 11.3 Å². The van der Waals surface area contributed by atoms with Gasteiger partial charge in [-0.15, -0.1) is 0 Å². The lowest BCUT2D eigenvalue weighted by Crippen LogP contribution is -2.41.